The average Bonchev–Trinajstić information content (AvgIpc) is 2.53. The van der Waals surface area contributed by atoms with E-state index < -0.39 is 15.9 Å². The maximum atomic E-state index is 12.4. The van der Waals surface area contributed by atoms with Crippen molar-refractivity contribution in [1.29, 1.82) is 0 Å². The molecule has 1 aromatic rings. The van der Waals surface area contributed by atoms with Crippen LogP contribution < -0.4 is 10.7 Å². The van der Waals surface area contributed by atoms with E-state index in [9.17, 15) is 18.0 Å². The quantitative estimate of drug-likeness (QED) is 0.641. The third-order valence-corrected chi connectivity index (χ3v) is 5.28. The molecule has 2 N–H and O–H groups in total. The molecule has 8 nitrogen and oxygen atoms in total. The summed E-state index contributed by atoms with van der Waals surface area (Å²) in [5, 5.41) is 3.94. The molecule has 0 spiro atoms. The predicted octanol–water partition coefficient (Wildman–Crippen LogP) is 0.0397. The molecule has 0 bridgehead atoms. The summed E-state index contributed by atoms with van der Waals surface area (Å²) >= 11 is 0. The van der Waals surface area contributed by atoms with Gasteiger partial charge in [-0.3, -0.25) is 15.0 Å². The van der Waals surface area contributed by atoms with Crippen LogP contribution in [0.1, 0.15) is 24.2 Å². The minimum atomic E-state index is -3.55. The van der Waals surface area contributed by atoms with Crippen LogP contribution in [0.5, 0.6) is 0 Å². The monoisotopic (exact) mass is 356 g/mol. The van der Waals surface area contributed by atoms with Gasteiger partial charge in [0.25, 0.3) is 11.8 Å². The Bertz CT molecular complexity index is 667. The number of carbonyl (C=O) groups is 2. The lowest BCUT2D eigenvalue weighted by Crippen LogP contribution is -2.43. The second-order valence-corrected chi connectivity index (χ2v) is 7.16. The van der Waals surface area contributed by atoms with Crippen molar-refractivity contribution in [3.8, 4) is 0 Å². The molecule has 0 aliphatic carbocycles. The lowest BCUT2D eigenvalue weighted by atomic mass is 10.2. The highest BCUT2D eigenvalue weighted by atomic mass is 32.2. The number of carbonyl (C=O) groups excluding carboxylic acids is 2. The van der Waals surface area contributed by atoms with Gasteiger partial charge in [-0.15, -0.1) is 0 Å². The van der Waals surface area contributed by atoms with E-state index in [2.05, 4.69) is 10.7 Å². The largest absolute Gasteiger partial charge is 0.343 e. The number of hydrazine groups is 1. The number of rotatable bonds is 8. The minimum Gasteiger partial charge on any atom is -0.343 e. The van der Waals surface area contributed by atoms with Crippen LogP contribution in [0.3, 0.4) is 0 Å². The summed E-state index contributed by atoms with van der Waals surface area (Å²) in [4.78, 5) is 23.6. The first-order chi connectivity index (χ1) is 11.2. The minimum absolute atomic E-state index is 0.133. The van der Waals surface area contributed by atoms with Gasteiger partial charge in [-0.05, 0) is 24.3 Å². The molecule has 2 amide bonds. The zero-order valence-electron chi connectivity index (χ0n) is 14.4. The van der Waals surface area contributed by atoms with Crippen LogP contribution in [0, 0.1) is 0 Å². The molecule has 1 rings (SSSR count). The van der Waals surface area contributed by atoms with E-state index in [0.29, 0.717) is 13.1 Å². The molecule has 134 valence electrons. The van der Waals surface area contributed by atoms with Gasteiger partial charge in [-0.1, -0.05) is 13.8 Å². The Hall–Kier alpha value is -1.97. The molecule has 0 fully saturated rings. The maximum absolute atomic E-state index is 12.4. The highest BCUT2D eigenvalue weighted by molar-refractivity contribution is 7.89. The van der Waals surface area contributed by atoms with E-state index in [-0.39, 0.29) is 22.9 Å². The Balaban J connectivity index is 2.77. The van der Waals surface area contributed by atoms with Crippen molar-refractivity contribution < 1.29 is 18.0 Å². The summed E-state index contributed by atoms with van der Waals surface area (Å²) in [5.41, 5.74) is 2.78. The van der Waals surface area contributed by atoms with Crippen molar-refractivity contribution >= 4 is 21.8 Å². The SMILES string of the molecule is CCN(CC)S(=O)(=O)c1ccc(C(=O)NCC(=O)NN(C)C)cc1. The van der Waals surface area contributed by atoms with E-state index in [1.54, 1.807) is 27.9 Å². The van der Waals surface area contributed by atoms with Crippen LogP contribution in [-0.4, -0.2) is 63.3 Å². The smallest absolute Gasteiger partial charge is 0.253 e. The maximum Gasteiger partial charge on any atom is 0.253 e. The third-order valence-electron chi connectivity index (χ3n) is 3.22. The Kier molecular flexibility index (Phi) is 7.33. The molecule has 0 radical (unpaired) electrons. The van der Waals surface area contributed by atoms with Gasteiger partial charge >= 0.3 is 0 Å². The van der Waals surface area contributed by atoms with E-state index in [1.165, 1.54) is 33.6 Å². The van der Waals surface area contributed by atoms with Gasteiger partial charge < -0.3 is 5.32 Å². The molecule has 0 atom stereocenters. The molecule has 1 aromatic carbocycles. The molecule has 9 heteroatoms. The first-order valence-electron chi connectivity index (χ1n) is 7.57. The topological polar surface area (TPSA) is 98.8 Å². The number of nitrogens with one attached hydrogen (secondary N) is 2. The van der Waals surface area contributed by atoms with Crippen LogP contribution in [0.15, 0.2) is 29.2 Å². The van der Waals surface area contributed by atoms with Crippen molar-refractivity contribution in [2.45, 2.75) is 18.7 Å². The van der Waals surface area contributed by atoms with Crippen molar-refractivity contribution in [2.75, 3.05) is 33.7 Å². The predicted molar refractivity (Wildman–Crippen MR) is 90.7 cm³/mol. The van der Waals surface area contributed by atoms with Crippen LogP contribution in [0.4, 0.5) is 0 Å². The molecular weight excluding hydrogens is 332 g/mol. The lowest BCUT2D eigenvalue weighted by Gasteiger charge is -2.18. The van der Waals surface area contributed by atoms with E-state index in [0.717, 1.165) is 0 Å². The van der Waals surface area contributed by atoms with Gasteiger partial charge in [0.1, 0.15) is 0 Å². The Morgan fingerprint density at radius 1 is 1.04 bits per heavy atom. The molecule has 0 unspecified atom stereocenters. The zero-order valence-corrected chi connectivity index (χ0v) is 15.2. The highest BCUT2D eigenvalue weighted by Gasteiger charge is 2.21. The van der Waals surface area contributed by atoms with E-state index in [1.807, 2.05) is 0 Å². The molecule has 0 aliphatic heterocycles. The fourth-order valence-electron chi connectivity index (χ4n) is 2.04. The first-order valence-corrected chi connectivity index (χ1v) is 9.01. The van der Waals surface area contributed by atoms with Gasteiger partial charge in [0, 0.05) is 32.7 Å². The fraction of sp³-hybridized carbons (Fsp3) is 0.467. The second kappa shape index (κ2) is 8.76. The van der Waals surface area contributed by atoms with Gasteiger partial charge in [0.05, 0.1) is 11.4 Å². The Morgan fingerprint density at radius 2 is 1.58 bits per heavy atom. The fourth-order valence-corrected chi connectivity index (χ4v) is 3.50. The number of benzene rings is 1. The van der Waals surface area contributed by atoms with Gasteiger partial charge in [-0.25, -0.2) is 13.4 Å². The summed E-state index contributed by atoms with van der Waals surface area (Å²) in [7, 11) is -0.228. The number of hydrogen-bond donors (Lipinski definition) is 2. The van der Waals surface area contributed by atoms with Crippen molar-refractivity contribution in [3.63, 3.8) is 0 Å². The first kappa shape index (κ1) is 20.1. The van der Waals surface area contributed by atoms with E-state index in [4.69, 9.17) is 0 Å². The second-order valence-electron chi connectivity index (χ2n) is 5.23. The normalized spacial score (nSPS) is 11.6. The molecule has 0 saturated heterocycles. The number of nitrogens with zero attached hydrogens (tertiary/aromatic N) is 2. The molecule has 0 aromatic heterocycles. The summed E-state index contributed by atoms with van der Waals surface area (Å²) < 4.78 is 26.1. The molecular formula is C15H24N4O4S. The van der Waals surface area contributed by atoms with Crippen molar-refractivity contribution in [1.82, 2.24) is 20.1 Å². The number of sulfonamides is 1. The van der Waals surface area contributed by atoms with Crippen LogP contribution >= 0.6 is 0 Å². The summed E-state index contributed by atoms with van der Waals surface area (Å²) in [6, 6.07) is 5.63. The number of amides is 2. The Labute approximate surface area is 142 Å². The average molecular weight is 356 g/mol. The Morgan fingerprint density at radius 3 is 2.04 bits per heavy atom. The molecule has 0 heterocycles. The van der Waals surface area contributed by atoms with Gasteiger partial charge in [0.15, 0.2) is 0 Å². The van der Waals surface area contributed by atoms with Crippen LogP contribution in [-0.2, 0) is 14.8 Å². The highest BCUT2D eigenvalue weighted by Crippen LogP contribution is 2.16. The van der Waals surface area contributed by atoms with Gasteiger partial charge in [0.2, 0.25) is 10.0 Å². The molecule has 24 heavy (non-hydrogen) atoms. The van der Waals surface area contributed by atoms with Crippen molar-refractivity contribution in [2.24, 2.45) is 0 Å². The third kappa shape index (κ3) is 5.29. The zero-order chi connectivity index (χ0) is 18.3. The summed E-state index contributed by atoms with van der Waals surface area (Å²) in [6.45, 7) is 4.11. The molecule has 0 aliphatic rings. The van der Waals surface area contributed by atoms with Gasteiger partial charge in [-0.2, -0.15) is 4.31 Å². The number of hydrogen-bond acceptors (Lipinski definition) is 5. The van der Waals surface area contributed by atoms with E-state index >= 15 is 0 Å². The molecule has 0 saturated carbocycles. The summed E-state index contributed by atoms with van der Waals surface area (Å²) in [6.07, 6.45) is 0. The van der Waals surface area contributed by atoms with Crippen LogP contribution in [0.25, 0.3) is 0 Å². The lowest BCUT2D eigenvalue weighted by molar-refractivity contribution is -0.123. The van der Waals surface area contributed by atoms with Crippen LogP contribution in [0.2, 0.25) is 0 Å². The summed E-state index contributed by atoms with van der Waals surface area (Å²) in [5.74, 6) is -0.801. The standard InChI is InChI=1S/C15H24N4O4S/c1-5-19(6-2)24(22,23)13-9-7-12(8-10-13)15(21)16-11-14(20)17-18(3)4/h7-10H,5-6,11H2,1-4H3,(H,16,21)(H,17,20). The van der Waals surface area contributed by atoms with Crippen molar-refractivity contribution in [3.05, 3.63) is 29.8 Å².